The summed E-state index contributed by atoms with van der Waals surface area (Å²) in [5.41, 5.74) is 0.794. The number of likely N-dealkylation sites (N-methyl/N-ethyl adjacent to an activating group) is 1. The molecule has 1 fully saturated rings. The molecule has 158 valence electrons. The Morgan fingerprint density at radius 2 is 1.93 bits per heavy atom. The van der Waals surface area contributed by atoms with E-state index < -0.39 is 0 Å². The van der Waals surface area contributed by atoms with Gasteiger partial charge in [0.05, 0.1) is 24.8 Å². The second kappa shape index (κ2) is 9.36. The fraction of sp³-hybridized carbons (Fsp3) is 0.381. The molecular weight excluding hydrogens is 402 g/mol. The number of nitrogens with zero attached hydrogens (tertiary/aromatic N) is 5. The van der Waals surface area contributed by atoms with Crippen molar-refractivity contribution in [2.75, 3.05) is 45.6 Å². The van der Waals surface area contributed by atoms with Gasteiger partial charge in [-0.05, 0) is 30.8 Å². The molecule has 0 N–H and O–H groups in total. The molecule has 4 rings (SSSR count). The molecular formula is C21H25N5O3S. The average Bonchev–Trinajstić information content (AvgIpc) is 3.47. The number of carbonyl (C=O) groups is 1. The zero-order valence-corrected chi connectivity index (χ0v) is 18.0. The van der Waals surface area contributed by atoms with E-state index in [9.17, 15) is 4.79 Å². The van der Waals surface area contributed by atoms with Crippen LogP contribution in [0.3, 0.4) is 0 Å². The number of piperazine rings is 1. The second-order valence-corrected chi connectivity index (χ2v) is 7.84. The monoisotopic (exact) mass is 427 g/mol. The first-order valence-electron chi connectivity index (χ1n) is 9.97. The van der Waals surface area contributed by atoms with Gasteiger partial charge in [-0.25, -0.2) is 0 Å². The highest BCUT2D eigenvalue weighted by Crippen LogP contribution is 2.32. The van der Waals surface area contributed by atoms with Crippen molar-refractivity contribution in [3.05, 3.63) is 42.7 Å². The topological polar surface area (TPSA) is 76.6 Å². The van der Waals surface area contributed by atoms with E-state index in [4.69, 9.17) is 9.15 Å². The lowest BCUT2D eigenvalue weighted by Crippen LogP contribution is -2.49. The molecule has 1 saturated heterocycles. The van der Waals surface area contributed by atoms with Crippen LogP contribution < -0.4 is 4.74 Å². The Morgan fingerprint density at radius 3 is 2.63 bits per heavy atom. The van der Waals surface area contributed by atoms with Gasteiger partial charge in [0.2, 0.25) is 11.7 Å². The number of rotatable bonds is 7. The fourth-order valence-corrected chi connectivity index (χ4v) is 4.34. The normalized spacial score (nSPS) is 14.8. The number of thioether (sulfide) groups is 1. The van der Waals surface area contributed by atoms with Crippen LogP contribution in [0.25, 0.3) is 17.3 Å². The minimum atomic E-state index is 0.116. The number of amides is 1. The Labute approximate surface area is 179 Å². The summed E-state index contributed by atoms with van der Waals surface area (Å²) in [5.74, 6) is 2.27. The molecule has 1 aromatic carbocycles. The molecule has 1 aliphatic rings. The van der Waals surface area contributed by atoms with Crippen molar-refractivity contribution >= 4 is 17.7 Å². The molecule has 1 aliphatic heterocycles. The van der Waals surface area contributed by atoms with E-state index in [1.807, 2.05) is 45.9 Å². The van der Waals surface area contributed by atoms with Crippen molar-refractivity contribution in [1.29, 1.82) is 0 Å². The summed E-state index contributed by atoms with van der Waals surface area (Å²) in [4.78, 5) is 17.0. The Hall–Kier alpha value is -2.78. The van der Waals surface area contributed by atoms with Crippen LogP contribution in [0, 0.1) is 0 Å². The van der Waals surface area contributed by atoms with Gasteiger partial charge < -0.3 is 19.0 Å². The summed E-state index contributed by atoms with van der Waals surface area (Å²) in [6.45, 7) is 6.55. The zero-order chi connectivity index (χ0) is 20.9. The van der Waals surface area contributed by atoms with Gasteiger partial charge in [0.15, 0.2) is 10.9 Å². The first-order chi connectivity index (χ1) is 14.7. The van der Waals surface area contributed by atoms with Gasteiger partial charge in [-0.2, -0.15) is 0 Å². The minimum absolute atomic E-state index is 0.116. The Balaban J connectivity index is 1.57. The van der Waals surface area contributed by atoms with Crippen LogP contribution in [0.1, 0.15) is 6.92 Å². The molecule has 8 nitrogen and oxygen atoms in total. The van der Waals surface area contributed by atoms with Crippen molar-refractivity contribution in [2.24, 2.45) is 0 Å². The van der Waals surface area contributed by atoms with Gasteiger partial charge in [-0.3, -0.25) is 9.36 Å². The van der Waals surface area contributed by atoms with E-state index in [-0.39, 0.29) is 5.91 Å². The lowest BCUT2D eigenvalue weighted by atomic mass is 10.3. The van der Waals surface area contributed by atoms with Gasteiger partial charge >= 0.3 is 0 Å². The molecule has 0 atom stereocenters. The van der Waals surface area contributed by atoms with E-state index >= 15 is 0 Å². The Kier molecular flexibility index (Phi) is 6.39. The molecule has 3 aromatic rings. The van der Waals surface area contributed by atoms with Crippen molar-refractivity contribution in [3.8, 4) is 23.0 Å². The lowest BCUT2D eigenvalue weighted by molar-refractivity contribution is -0.130. The van der Waals surface area contributed by atoms with Crippen molar-refractivity contribution in [1.82, 2.24) is 24.6 Å². The number of methoxy groups -OCH3 is 1. The summed E-state index contributed by atoms with van der Waals surface area (Å²) in [5, 5.41) is 9.30. The fourth-order valence-electron chi connectivity index (χ4n) is 3.49. The van der Waals surface area contributed by atoms with Crippen molar-refractivity contribution in [3.63, 3.8) is 0 Å². The number of hydrogen-bond donors (Lipinski definition) is 0. The summed E-state index contributed by atoms with van der Waals surface area (Å²) < 4.78 is 13.0. The van der Waals surface area contributed by atoms with Crippen molar-refractivity contribution < 1.29 is 13.9 Å². The summed E-state index contributed by atoms with van der Waals surface area (Å²) >= 11 is 1.37. The molecule has 0 saturated carbocycles. The highest BCUT2D eigenvalue weighted by molar-refractivity contribution is 7.99. The predicted octanol–water partition coefficient (Wildman–Crippen LogP) is 2.79. The predicted molar refractivity (Wildman–Crippen MR) is 115 cm³/mol. The molecule has 0 radical (unpaired) electrons. The Morgan fingerprint density at radius 1 is 1.13 bits per heavy atom. The first-order valence-corrected chi connectivity index (χ1v) is 11.0. The third kappa shape index (κ3) is 4.22. The molecule has 9 heteroatoms. The van der Waals surface area contributed by atoms with Crippen LogP contribution in [0.5, 0.6) is 5.75 Å². The van der Waals surface area contributed by atoms with Crippen LogP contribution in [-0.4, -0.2) is 76.1 Å². The second-order valence-electron chi connectivity index (χ2n) is 6.89. The van der Waals surface area contributed by atoms with E-state index in [0.29, 0.717) is 28.2 Å². The molecule has 2 aromatic heterocycles. The minimum Gasteiger partial charge on any atom is -0.495 e. The third-order valence-electron chi connectivity index (χ3n) is 5.20. The number of ether oxygens (including phenoxy) is 1. The zero-order valence-electron chi connectivity index (χ0n) is 17.2. The number of hydrogen-bond acceptors (Lipinski definition) is 7. The van der Waals surface area contributed by atoms with Crippen LogP contribution in [0.2, 0.25) is 0 Å². The molecule has 30 heavy (non-hydrogen) atoms. The highest BCUT2D eigenvalue weighted by atomic mass is 32.2. The molecule has 3 heterocycles. The average molecular weight is 428 g/mol. The lowest BCUT2D eigenvalue weighted by Gasteiger charge is -2.34. The number of aromatic nitrogens is 3. The number of para-hydroxylation sites is 2. The summed E-state index contributed by atoms with van der Waals surface area (Å²) in [7, 11) is 1.63. The molecule has 0 spiro atoms. The van der Waals surface area contributed by atoms with Crippen molar-refractivity contribution in [2.45, 2.75) is 12.1 Å². The number of furan rings is 1. The van der Waals surface area contributed by atoms with Gasteiger partial charge in [0.1, 0.15) is 5.75 Å². The molecule has 1 amide bonds. The number of carbonyl (C=O) groups excluding carboxylic acids is 1. The highest BCUT2D eigenvalue weighted by Gasteiger charge is 2.24. The Bertz CT molecular complexity index is 980. The maximum absolute atomic E-state index is 12.8. The standard InChI is InChI=1S/C21H25N5O3S/c1-3-24-10-12-25(13-11-24)19(27)15-30-21-23-22-20(18-9-6-14-29-18)26(21)16-7-4-5-8-17(16)28-2/h4-9,14H,3,10-13,15H2,1-2H3. The van der Waals surface area contributed by atoms with E-state index in [0.717, 1.165) is 38.4 Å². The van der Waals surface area contributed by atoms with Gasteiger partial charge in [-0.1, -0.05) is 30.8 Å². The molecule has 0 aliphatic carbocycles. The van der Waals surface area contributed by atoms with Crippen LogP contribution in [-0.2, 0) is 4.79 Å². The SMILES string of the molecule is CCN1CCN(C(=O)CSc2nnc(-c3ccco3)n2-c2ccccc2OC)CC1. The quantitative estimate of drug-likeness (QED) is 0.537. The molecule has 0 bridgehead atoms. The first kappa shape index (κ1) is 20.5. The van der Waals surface area contributed by atoms with Gasteiger partial charge in [0, 0.05) is 26.2 Å². The van der Waals surface area contributed by atoms with Crippen LogP contribution in [0.15, 0.2) is 52.2 Å². The maximum atomic E-state index is 12.8. The maximum Gasteiger partial charge on any atom is 0.233 e. The van der Waals surface area contributed by atoms with E-state index in [1.54, 1.807) is 13.4 Å². The summed E-state index contributed by atoms with van der Waals surface area (Å²) in [6, 6.07) is 11.3. The largest absolute Gasteiger partial charge is 0.495 e. The van der Waals surface area contributed by atoms with E-state index in [1.165, 1.54) is 11.8 Å². The van der Waals surface area contributed by atoms with Crippen LogP contribution >= 0.6 is 11.8 Å². The van der Waals surface area contributed by atoms with Crippen LogP contribution in [0.4, 0.5) is 0 Å². The smallest absolute Gasteiger partial charge is 0.233 e. The molecule has 0 unspecified atom stereocenters. The summed E-state index contributed by atoms with van der Waals surface area (Å²) in [6.07, 6.45) is 1.60. The third-order valence-corrected chi connectivity index (χ3v) is 6.11. The van der Waals surface area contributed by atoms with Gasteiger partial charge in [0.25, 0.3) is 0 Å². The van der Waals surface area contributed by atoms with E-state index in [2.05, 4.69) is 22.0 Å². The van der Waals surface area contributed by atoms with Gasteiger partial charge in [-0.15, -0.1) is 10.2 Å². The number of benzene rings is 1.